The minimum Gasteiger partial charge on any atom is -0.480 e. The van der Waals surface area contributed by atoms with E-state index in [1.54, 1.807) is 18.2 Å². The van der Waals surface area contributed by atoms with Crippen molar-refractivity contribution in [2.24, 2.45) is 0 Å². The van der Waals surface area contributed by atoms with Crippen LogP contribution in [-0.4, -0.2) is 48.9 Å². The Morgan fingerprint density at radius 1 is 1.32 bits per heavy atom. The molecule has 2 atom stereocenters. The zero-order chi connectivity index (χ0) is 18.2. The molecular weight excluding hydrogens is 369 g/mol. The average Bonchev–Trinajstić information content (AvgIpc) is 3.03. The number of halogens is 2. The highest BCUT2D eigenvalue weighted by atomic mass is 35.5. The largest absolute Gasteiger partial charge is 0.480 e. The van der Waals surface area contributed by atoms with Crippen LogP contribution in [0.5, 0.6) is 0 Å². The second kappa shape index (κ2) is 9.97. The van der Waals surface area contributed by atoms with Gasteiger partial charge in [-0.25, -0.2) is 4.79 Å². The number of carbonyl (C=O) groups excluding carboxylic acids is 1. The lowest BCUT2D eigenvalue weighted by Crippen LogP contribution is -2.42. The minimum atomic E-state index is -1.12. The van der Waals surface area contributed by atoms with Crippen molar-refractivity contribution in [2.45, 2.75) is 37.8 Å². The number of hydrogen-bond acceptors (Lipinski definition) is 4. The van der Waals surface area contributed by atoms with E-state index >= 15 is 0 Å². The summed E-state index contributed by atoms with van der Waals surface area (Å²) in [6, 6.07) is 3.76. The molecule has 2 rings (SSSR count). The number of rotatable bonds is 9. The summed E-state index contributed by atoms with van der Waals surface area (Å²) < 4.78 is 10.8. The zero-order valence-electron chi connectivity index (χ0n) is 13.7. The van der Waals surface area contributed by atoms with E-state index in [0.717, 1.165) is 19.4 Å². The van der Waals surface area contributed by atoms with Gasteiger partial charge in [-0.1, -0.05) is 23.2 Å². The van der Waals surface area contributed by atoms with Crippen LogP contribution in [0.1, 0.15) is 24.8 Å². The molecule has 1 heterocycles. The van der Waals surface area contributed by atoms with Crippen LogP contribution in [0.25, 0.3) is 0 Å². The van der Waals surface area contributed by atoms with E-state index in [4.69, 9.17) is 32.7 Å². The molecule has 0 aromatic heterocycles. The van der Waals surface area contributed by atoms with Gasteiger partial charge in [0.05, 0.1) is 19.3 Å². The number of carboxylic acids is 1. The Labute approximate surface area is 156 Å². The summed E-state index contributed by atoms with van der Waals surface area (Å²) in [7, 11) is 0. The van der Waals surface area contributed by atoms with E-state index < -0.39 is 12.0 Å². The lowest BCUT2D eigenvalue weighted by atomic mass is 10.1. The Bertz CT molecular complexity index is 584. The summed E-state index contributed by atoms with van der Waals surface area (Å²) >= 11 is 11.8. The molecule has 1 saturated heterocycles. The van der Waals surface area contributed by atoms with Crippen molar-refractivity contribution in [1.29, 1.82) is 0 Å². The standard InChI is InChI=1S/C17H21Cl2NO5/c18-12-6-11(7-13(19)9-12)8-15(17(22)23)20-16(21)3-5-24-10-14-2-1-4-25-14/h6-7,9,14-15H,1-5,8,10H2,(H,20,21)(H,22,23). The molecule has 1 aliphatic heterocycles. The summed E-state index contributed by atoms with van der Waals surface area (Å²) in [6.07, 6.45) is 2.28. The van der Waals surface area contributed by atoms with E-state index in [-0.39, 0.29) is 31.5 Å². The van der Waals surface area contributed by atoms with Gasteiger partial charge in [0, 0.05) is 29.5 Å². The second-order valence-corrected chi connectivity index (χ2v) is 6.77. The smallest absolute Gasteiger partial charge is 0.326 e. The highest BCUT2D eigenvalue weighted by Crippen LogP contribution is 2.20. The molecule has 1 fully saturated rings. The molecule has 1 amide bonds. The van der Waals surface area contributed by atoms with Gasteiger partial charge in [-0.2, -0.15) is 0 Å². The van der Waals surface area contributed by atoms with Gasteiger partial charge in [0.15, 0.2) is 0 Å². The maximum absolute atomic E-state index is 11.9. The van der Waals surface area contributed by atoms with Crippen LogP contribution in [-0.2, 0) is 25.5 Å². The molecule has 138 valence electrons. The van der Waals surface area contributed by atoms with E-state index in [0.29, 0.717) is 22.2 Å². The highest BCUT2D eigenvalue weighted by Gasteiger charge is 2.21. The third-order valence-electron chi connectivity index (χ3n) is 3.80. The maximum atomic E-state index is 11.9. The molecule has 0 bridgehead atoms. The van der Waals surface area contributed by atoms with Crippen molar-refractivity contribution in [2.75, 3.05) is 19.8 Å². The fraction of sp³-hybridized carbons (Fsp3) is 0.529. The molecule has 6 nitrogen and oxygen atoms in total. The van der Waals surface area contributed by atoms with Gasteiger partial charge < -0.3 is 19.9 Å². The molecular formula is C17H21Cl2NO5. The van der Waals surface area contributed by atoms with E-state index in [1.807, 2.05) is 0 Å². The normalized spacial score (nSPS) is 18.1. The Morgan fingerprint density at radius 2 is 2.04 bits per heavy atom. The Kier molecular flexibility index (Phi) is 7.96. The minimum absolute atomic E-state index is 0.0901. The molecule has 0 radical (unpaired) electrons. The van der Waals surface area contributed by atoms with Gasteiger partial charge in [-0.05, 0) is 36.6 Å². The first-order chi connectivity index (χ1) is 11.9. The molecule has 2 unspecified atom stereocenters. The van der Waals surface area contributed by atoms with Crippen LogP contribution in [0.2, 0.25) is 10.0 Å². The molecule has 1 aromatic carbocycles. The van der Waals surface area contributed by atoms with Gasteiger partial charge in [0.25, 0.3) is 0 Å². The lowest BCUT2D eigenvalue weighted by molar-refractivity contribution is -0.142. The van der Waals surface area contributed by atoms with Gasteiger partial charge >= 0.3 is 5.97 Å². The van der Waals surface area contributed by atoms with Gasteiger partial charge in [-0.3, -0.25) is 4.79 Å². The first-order valence-electron chi connectivity index (χ1n) is 8.10. The number of carboxylic acid groups (broad SMARTS) is 1. The number of aliphatic carboxylic acids is 1. The number of amides is 1. The van der Waals surface area contributed by atoms with Crippen molar-refractivity contribution in [1.82, 2.24) is 5.32 Å². The van der Waals surface area contributed by atoms with Crippen LogP contribution < -0.4 is 5.32 Å². The summed E-state index contributed by atoms with van der Waals surface area (Å²) in [4.78, 5) is 23.3. The van der Waals surface area contributed by atoms with Crippen LogP contribution in [0.3, 0.4) is 0 Å². The Balaban J connectivity index is 1.77. The summed E-state index contributed by atoms with van der Waals surface area (Å²) in [5, 5.41) is 12.6. The third-order valence-corrected chi connectivity index (χ3v) is 4.23. The number of benzene rings is 1. The molecule has 8 heteroatoms. The quantitative estimate of drug-likeness (QED) is 0.634. The maximum Gasteiger partial charge on any atom is 0.326 e. The van der Waals surface area contributed by atoms with Crippen molar-refractivity contribution in [3.8, 4) is 0 Å². The predicted octanol–water partition coefficient (Wildman–Crippen LogP) is 2.69. The Morgan fingerprint density at radius 3 is 2.64 bits per heavy atom. The molecule has 1 aliphatic rings. The topological polar surface area (TPSA) is 84.9 Å². The highest BCUT2D eigenvalue weighted by molar-refractivity contribution is 6.34. The fourth-order valence-corrected chi connectivity index (χ4v) is 3.16. The molecule has 0 spiro atoms. The number of carbonyl (C=O) groups is 2. The number of nitrogens with one attached hydrogen (secondary N) is 1. The van der Waals surface area contributed by atoms with E-state index in [9.17, 15) is 14.7 Å². The van der Waals surface area contributed by atoms with Crippen LogP contribution >= 0.6 is 23.2 Å². The fourth-order valence-electron chi connectivity index (χ4n) is 2.59. The Hall–Kier alpha value is -1.34. The summed E-state index contributed by atoms with van der Waals surface area (Å²) in [5.41, 5.74) is 0.639. The summed E-state index contributed by atoms with van der Waals surface area (Å²) in [5.74, 6) is -1.50. The van der Waals surface area contributed by atoms with Crippen molar-refractivity contribution in [3.05, 3.63) is 33.8 Å². The first-order valence-corrected chi connectivity index (χ1v) is 8.86. The first kappa shape index (κ1) is 20.0. The third kappa shape index (κ3) is 7.20. The number of ether oxygens (including phenoxy) is 2. The average molecular weight is 390 g/mol. The number of hydrogen-bond donors (Lipinski definition) is 2. The van der Waals surface area contributed by atoms with Crippen molar-refractivity contribution in [3.63, 3.8) is 0 Å². The molecule has 0 aliphatic carbocycles. The lowest BCUT2D eigenvalue weighted by Gasteiger charge is -2.15. The van der Waals surface area contributed by atoms with Crippen molar-refractivity contribution >= 4 is 35.1 Å². The van der Waals surface area contributed by atoms with Crippen LogP contribution in [0.15, 0.2) is 18.2 Å². The SMILES string of the molecule is O=C(CCOCC1CCCO1)NC(Cc1cc(Cl)cc(Cl)c1)C(=O)O. The monoisotopic (exact) mass is 389 g/mol. The molecule has 1 aromatic rings. The van der Waals surface area contributed by atoms with Crippen LogP contribution in [0.4, 0.5) is 0 Å². The van der Waals surface area contributed by atoms with Gasteiger partial charge in [-0.15, -0.1) is 0 Å². The predicted molar refractivity (Wildman–Crippen MR) is 94.1 cm³/mol. The van der Waals surface area contributed by atoms with E-state index in [2.05, 4.69) is 5.32 Å². The second-order valence-electron chi connectivity index (χ2n) is 5.90. The van der Waals surface area contributed by atoms with Crippen molar-refractivity contribution < 1.29 is 24.2 Å². The van der Waals surface area contributed by atoms with Gasteiger partial charge in [0.2, 0.25) is 5.91 Å². The molecule has 2 N–H and O–H groups in total. The summed E-state index contributed by atoms with van der Waals surface area (Å²) in [6.45, 7) is 1.43. The zero-order valence-corrected chi connectivity index (χ0v) is 15.2. The molecule has 0 saturated carbocycles. The molecule has 25 heavy (non-hydrogen) atoms. The van der Waals surface area contributed by atoms with Crippen LogP contribution in [0, 0.1) is 0 Å². The van der Waals surface area contributed by atoms with Gasteiger partial charge in [0.1, 0.15) is 6.04 Å². The van der Waals surface area contributed by atoms with E-state index in [1.165, 1.54) is 0 Å².